The molecule has 0 radical (unpaired) electrons. The normalized spacial score (nSPS) is 12.6. The number of carbonyl (C=O) groups excluding carboxylic acids is 3. The fraction of sp³-hybridized carbons (Fsp3) is 0.761. The molecule has 0 fully saturated rings. The molecule has 0 rings (SSSR count). The lowest BCUT2D eigenvalue weighted by molar-refractivity contribution is -0.167. The first-order valence-electron chi connectivity index (χ1n) is 33.1. The van der Waals surface area contributed by atoms with Gasteiger partial charge in [-0.25, -0.2) is 0 Å². The minimum absolute atomic E-state index is 0.0956. The van der Waals surface area contributed by atoms with E-state index in [0.29, 0.717) is 19.3 Å². The van der Waals surface area contributed by atoms with Gasteiger partial charge in [0.15, 0.2) is 6.10 Å². The maximum absolute atomic E-state index is 12.9. The summed E-state index contributed by atoms with van der Waals surface area (Å²) in [7, 11) is 0. The molecule has 77 heavy (non-hydrogen) atoms. The van der Waals surface area contributed by atoms with Crippen LogP contribution < -0.4 is 0 Å². The molecule has 0 aliphatic heterocycles. The van der Waals surface area contributed by atoms with E-state index < -0.39 is 6.10 Å². The summed E-state index contributed by atoms with van der Waals surface area (Å²) < 4.78 is 16.9. The topological polar surface area (TPSA) is 78.9 Å². The Labute approximate surface area is 477 Å². The Kier molecular flexibility index (Phi) is 62.2. The first-order valence-corrected chi connectivity index (χ1v) is 33.1. The van der Waals surface area contributed by atoms with Crippen LogP contribution in [0.5, 0.6) is 0 Å². The van der Waals surface area contributed by atoms with E-state index in [0.717, 1.165) is 89.9 Å². The maximum Gasteiger partial charge on any atom is 0.306 e. The minimum Gasteiger partial charge on any atom is -0.462 e. The number of unbranched alkanes of at least 4 members (excludes halogenated alkanes) is 35. The van der Waals surface area contributed by atoms with Gasteiger partial charge in [0.2, 0.25) is 0 Å². The maximum atomic E-state index is 12.9. The van der Waals surface area contributed by atoms with E-state index in [9.17, 15) is 14.4 Å². The molecule has 1 unspecified atom stereocenters. The van der Waals surface area contributed by atoms with Crippen molar-refractivity contribution >= 4 is 17.9 Å². The zero-order chi connectivity index (χ0) is 55.7. The molecule has 0 saturated carbocycles. The van der Waals surface area contributed by atoms with Gasteiger partial charge in [-0.15, -0.1) is 0 Å². The molecule has 0 saturated heterocycles. The van der Waals surface area contributed by atoms with Gasteiger partial charge < -0.3 is 14.2 Å². The highest BCUT2D eigenvalue weighted by Crippen LogP contribution is 2.17. The molecule has 0 aromatic heterocycles. The lowest BCUT2D eigenvalue weighted by Gasteiger charge is -2.18. The van der Waals surface area contributed by atoms with Crippen molar-refractivity contribution in [1.29, 1.82) is 0 Å². The Hall–Kier alpha value is -3.41. The highest BCUT2D eigenvalue weighted by Gasteiger charge is 2.19. The molecule has 0 aliphatic carbocycles. The quantitative estimate of drug-likeness (QED) is 0.0261. The van der Waals surface area contributed by atoms with Crippen LogP contribution in [0, 0.1) is 0 Å². The summed E-state index contributed by atoms with van der Waals surface area (Å²) in [5.74, 6) is -0.941. The predicted octanol–water partition coefficient (Wildman–Crippen LogP) is 22.7. The molecule has 0 aliphatic rings. The highest BCUT2D eigenvalue weighted by molar-refractivity contribution is 5.71. The third-order valence-electron chi connectivity index (χ3n) is 14.4. The standard InChI is InChI=1S/C71H124O6/c1-4-7-10-13-16-19-22-24-26-28-30-32-34-35-37-38-40-42-44-46-49-52-55-58-61-64-70(73)76-67-68(66-75-69(72)63-60-57-54-51-48-21-18-15-12-9-6-3)77-71(74)65-62-59-56-53-50-47-45-43-41-39-36-33-31-29-27-25-23-20-17-14-11-8-5-2/h8,11,17,20,25,27,31,33,39,41,45,47,53,56,68H,4-7,9-10,12-16,18-19,21-24,26,28-30,32,34-38,40,42-44,46,48-52,54-55,57-67H2,1-3H3/b11-8-,20-17-,27-25-,33-31-,41-39-,47-45-,56-53-. The molecular formula is C71H124O6. The van der Waals surface area contributed by atoms with E-state index >= 15 is 0 Å². The summed E-state index contributed by atoms with van der Waals surface area (Å²) in [6, 6.07) is 0. The van der Waals surface area contributed by atoms with Gasteiger partial charge in [0, 0.05) is 19.3 Å². The van der Waals surface area contributed by atoms with Gasteiger partial charge in [0.05, 0.1) is 0 Å². The Morgan fingerprint density at radius 2 is 0.506 bits per heavy atom. The minimum atomic E-state index is -0.805. The van der Waals surface area contributed by atoms with Gasteiger partial charge in [-0.3, -0.25) is 14.4 Å². The molecule has 0 aromatic carbocycles. The smallest absolute Gasteiger partial charge is 0.306 e. The molecule has 6 nitrogen and oxygen atoms in total. The Bertz CT molecular complexity index is 1470. The molecule has 1 atom stereocenters. The third kappa shape index (κ3) is 63.3. The van der Waals surface area contributed by atoms with Crippen LogP contribution in [0.15, 0.2) is 85.1 Å². The van der Waals surface area contributed by atoms with Gasteiger partial charge in [-0.2, -0.15) is 0 Å². The summed E-state index contributed by atoms with van der Waals surface area (Å²) in [5.41, 5.74) is 0. The second-order valence-corrected chi connectivity index (χ2v) is 22.0. The second-order valence-electron chi connectivity index (χ2n) is 22.0. The Morgan fingerprint density at radius 1 is 0.273 bits per heavy atom. The van der Waals surface area contributed by atoms with Crippen molar-refractivity contribution in [2.24, 2.45) is 0 Å². The number of hydrogen-bond donors (Lipinski definition) is 0. The molecule has 0 spiro atoms. The van der Waals surface area contributed by atoms with Gasteiger partial charge >= 0.3 is 17.9 Å². The zero-order valence-corrected chi connectivity index (χ0v) is 51.0. The van der Waals surface area contributed by atoms with Crippen molar-refractivity contribution in [2.75, 3.05) is 13.2 Å². The van der Waals surface area contributed by atoms with E-state index in [4.69, 9.17) is 14.2 Å². The van der Waals surface area contributed by atoms with E-state index in [-0.39, 0.29) is 37.5 Å². The fourth-order valence-corrected chi connectivity index (χ4v) is 9.49. The van der Waals surface area contributed by atoms with Gasteiger partial charge in [-0.05, 0) is 70.6 Å². The first kappa shape index (κ1) is 73.6. The molecule has 0 bridgehead atoms. The largest absolute Gasteiger partial charge is 0.462 e. The van der Waals surface area contributed by atoms with Crippen LogP contribution in [0.1, 0.15) is 329 Å². The Morgan fingerprint density at radius 3 is 0.779 bits per heavy atom. The van der Waals surface area contributed by atoms with Gasteiger partial charge in [-0.1, -0.05) is 324 Å². The molecule has 444 valence electrons. The van der Waals surface area contributed by atoms with Crippen LogP contribution in [0.3, 0.4) is 0 Å². The average molecular weight is 1070 g/mol. The lowest BCUT2D eigenvalue weighted by atomic mass is 10.0. The third-order valence-corrected chi connectivity index (χ3v) is 14.4. The van der Waals surface area contributed by atoms with E-state index in [1.54, 1.807) is 0 Å². The number of ether oxygens (including phenoxy) is 3. The summed E-state index contributed by atoms with van der Waals surface area (Å²) in [4.78, 5) is 38.3. The molecule has 0 aromatic rings. The van der Waals surface area contributed by atoms with Crippen LogP contribution in [0.25, 0.3) is 0 Å². The summed E-state index contributed by atoms with van der Waals surface area (Å²) in [6.45, 7) is 6.51. The van der Waals surface area contributed by atoms with Crippen molar-refractivity contribution < 1.29 is 28.6 Å². The first-order chi connectivity index (χ1) is 38.0. The predicted molar refractivity (Wildman–Crippen MR) is 334 cm³/mol. The summed E-state index contributed by atoms with van der Waals surface area (Å²) in [6.07, 6.45) is 86.1. The highest BCUT2D eigenvalue weighted by atomic mass is 16.6. The number of esters is 3. The average Bonchev–Trinajstić information content (AvgIpc) is 3.43. The lowest BCUT2D eigenvalue weighted by Crippen LogP contribution is -2.30. The number of allylic oxidation sites excluding steroid dienone is 14. The fourth-order valence-electron chi connectivity index (χ4n) is 9.49. The molecule has 0 N–H and O–H groups in total. The molecule has 0 amide bonds. The zero-order valence-electron chi connectivity index (χ0n) is 51.0. The summed E-state index contributed by atoms with van der Waals surface area (Å²) in [5, 5.41) is 0. The van der Waals surface area contributed by atoms with Crippen LogP contribution in [0.2, 0.25) is 0 Å². The number of carbonyl (C=O) groups is 3. The Balaban J connectivity index is 4.32. The van der Waals surface area contributed by atoms with Crippen LogP contribution >= 0.6 is 0 Å². The van der Waals surface area contributed by atoms with Crippen LogP contribution in [-0.4, -0.2) is 37.2 Å². The SMILES string of the molecule is CC/C=C\C/C=C\C/C=C\C/C=C\C/C=C\C/C=C\C/C=C\CCCC(=O)OC(COC(=O)CCCCCCCCCCCCC)COC(=O)CCCCCCCCCCCCCCCCCCCCCCCCCCC. The van der Waals surface area contributed by atoms with Crippen molar-refractivity contribution in [2.45, 2.75) is 335 Å². The number of rotatable bonds is 60. The van der Waals surface area contributed by atoms with E-state index in [1.807, 2.05) is 0 Å². The monoisotopic (exact) mass is 1070 g/mol. The molecular weight excluding hydrogens is 949 g/mol. The summed E-state index contributed by atoms with van der Waals surface area (Å²) >= 11 is 0. The van der Waals surface area contributed by atoms with Gasteiger partial charge in [0.1, 0.15) is 13.2 Å². The van der Waals surface area contributed by atoms with E-state index in [2.05, 4.69) is 106 Å². The van der Waals surface area contributed by atoms with Crippen LogP contribution in [0.4, 0.5) is 0 Å². The van der Waals surface area contributed by atoms with Crippen molar-refractivity contribution in [1.82, 2.24) is 0 Å². The van der Waals surface area contributed by atoms with Gasteiger partial charge in [0.25, 0.3) is 0 Å². The molecule has 6 heteroatoms. The van der Waals surface area contributed by atoms with Crippen molar-refractivity contribution in [3.63, 3.8) is 0 Å². The second kappa shape index (κ2) is 65.1. The van der Waals surface area contributed by atoms with Crippen molar-refractivity contribution in [3.05, 3.63) is 85.1 Å². The van der Waals surface area contributed by atoms with E-state index in [1.165, 1.54) is 193 Å². The molecule has 0 heterocycles. The van der Waals surface area contributed by atoms with Crippen LogP contribution in [-0.2, 0) is 28.6 Å². The van der Waals surface area contributed by atoms with Crippen molar-refractivity contribution in [3.8, 4) is 0 Å². The number of hydrogen-bond acceptors (Lipinski definition) is 6.